The van der Waals surface area contributed by atoms with Gasteiger partial charge >= 0.3 is 0 Å². The number of carbonyl (C=O) groups is 3. The molecule has 0 radical (unpaired) electrons. The Bertz CT molecular complexity index is 950. The molecule has 1 heterocycles. The predicted molar refractivity (Wildman–Crippen MR) is 121 cm³/mol. The van der Waals surface area contributed by atoms with Gasteiger partial charge in [-0.2, -0.15) is 0 Å². The average molecular weight is 443 g/mol. The van der Waals surface area contributed by atoms with Crippen LogP contribution in [0.4, 0.5) is 5.69 Å². The van der Waals surface area contributed by atoms with E-state index in [4.69, 9.17) is 11.6 Å². The lowest BCUT2D eigenvalue weighted by Gasteiger charge is -2.22. The molecule has 31 heavy (non-hydrogen) atoms. The van der Waals surface area contributed by atoms with Crippen molar-refractivity contribution in [3.8, 4) is 0 Å². The summed E-state index contributed by atoms with van der Waals surface area (Å²) in [6, 6.07) is 13.9. The first-order chi connectivity index (χ1) is 15.0. The molecule has 0 spiro atoms. The SMILES string of the molecule is CCNC(=O)c1cccc(NC(=O)CN2CCCN(C(=O)c3ccccc3Cl)CC2)c1. The Labute approximate surface area is 187 Å². The molecular formula is C23H27ClN4O3. The molecule has 0 saturated carbocycles. The van der Waals surface area contributed by atoms with E-state index < -0.39 is 0 Å². The van der Waals surface area contributed by atoms with Gasteiger partial charge in [-0.1, -0.05) is 29.8 Å². The third-order valence-corrected chi connectivity index (χ3v) is 5.42. The highest BCUT2D eigenvalue weighted by Crippen LogP contribution is 2.18. The fraction of sp³-hybridized carbons (Fsp3) is 0.348. The molecule has 3 amide bonds. The second-order valence-electron chi connectivity index (χ2n) is 7.39. The van der Waals surface area contributed by atoms with Crippen LogP contribution >= 0.6 is 11.6 Å². The van der Waals surface area contributed by atoms with Crippen molar-refractivity contribution in [1.29, 1.82) is 0 Å². The number of carbonyl (C=O) groups excluding carboxylic acids is 3. The lowest BCUT2D eigenvalue weighted by molar-refractivity contribution is -0.117. The van der Waals surface area contributed by atoms with E-state index in [1.807, 2.05) is 11.8 Å². The van der Waals surface area contributed by atoms with E-state index in [-0.39, 0.29) is 24.3 Å². The Hall–Kier alpha value is -2.90. The van der Waals surface area contributed by atoms with Gasteiger partial charge in [-0.05, 0) is 43.7 Å². The summed E-state index contributed by atoms with van der Waals surface area (Å²) in [4.78, 5) is 41.1. The highest BCUT2D eigenvalue weighted by Gasteiger charge is 2.22. The molecule has 1 saturated heterocycles. The minimum absolute atomic E-state index is 0.0842. The van der Waals surface area contributed by atoms with Crippen molar-refractivity contribution >= 4 is 35.0 Å². The van der Waals surface area contributed by atoms with E-state index in [9.17, 15) is 14.4 Å². The van der Waals surface area contributed by atoms with Gasteiger partial charge in [0.1, 0.15) is 0 Å². The monoisotopic (exact) mass is 442 g/mol. The maximum absolute atomic E-state index is 12.8. The number of benzene rings is 2. The molecule has 1 fully saturated rings. The minimum Gasteiger partial charge on any atom is -0.352 e. The van der Waals surface area contributed by atoms with Gasteiger partial charge in [0.2, 0.25) is 5.91 Å². The summed E-state index contributed by atoms with van der Waals surface area (Å²) in [5.41, 5.74) is 1.59. The zero-order valence-corrected chi connectivity index (χ0v) is 18.3. The summed E-state index contributed by atoms with van der Waals surface area (Å²) in [7, 11) is 0. The molecule has 3 rings (SSSR count). The predicted octanol–water partition coefficient (Wildman–Crippen LogP) is 2.88. The van der Waals surface area contributed by atoms with Crippen molar-refractivity contribution in [2.24, 2.45) is 0 Å². The van der Waals surface area contributed by atoms with Crippen molar-refractivity contribution in [3.63, 3.8) is 0 Å². The number of anilines is 1. The molecule has 2 N–H and O–H groups in total. The first kappa shape index (κ1) is 22.8. The van der Waals surface area contributed by atoms with Crippen LogP contribution < -0.4 is 10.6 Å². The maximum Gasteiger partial charge on any atom is 0.255 e. The highest BCUT2D eigenvalue weighted by molar-refractivity contribution is 6.33. The molecule has 1 aliphatic heterocycles. The lowest BCUT2D eigenvalue weighted by Crippen LogP contribution is -2.38. The van der Waals surface area contributed by atoms with Crippen molar-refractivity contribution < 1.29 is 14.4 Å². The Morgan fingerprint density at radius 3 is 2.58 bits per heavy atom. The fourth-order valence-corrected chi connectivity index (χ4v) is 3.76. The Morgan fingerprint density at radius 1 is 1.00 bits per heavy atom. The summed E-state index contributed by atoms with van der Waals surface area (Å²) in [6.07, 6.45) is 0.774. The van der Waals surface area contributed by atoms with Crippen LogP contribution in [0, 0.1) is 0 Å². The fourth-order valence-electron chi connectivity index (χ4n) is 3.54. The quantitative estimate of drug-likeness (QED) is 0.720. The van der Waals surface area contributed by atoms with E-state index >= 15 is 0 Å². The van der Waals surface area contributed by atoms with Crippen molar-refractivity contribution in [2.75, 3.05) is 44.6 Å². The summed E-state index contributed by atoms with van der Waals surface area (Å²) in [5, 5.41) is 6.05. The molecule has 164 valence electrons. The molecule has 0 aromatic heterocycles. The minimum atomic E-state index is -0.172. The molecule has 8 heteroatoms. The number of hydrogen-bond donors (Lipinski definition) is 2. The second-order valence-corrected chi connectivity index (χ2v) is 7.80. The zero-order valence-electron chi connectivity index (χ0n) is 17.6. The molecule has 2 aromatic rings. The van der Waals surface area contributed by atoms with Crippen LogP contribution in [0.5, 0.6) is 0 Å². The average Bonchev–Trinajstić information content (AvgIpc) is 2.99. The van der Waals surface area contributed by atoms with Crippen molar-refractivity contribution in [2.45, 2.75) is 13.3 Å². The molecule has 0 bridgehead atoms. The van der Waals surface area contributed by atoms with Gasteiger partial charge in [0, 0.05) is 44.0 Å². The van der Waals surface area contributed by atoms with E-state index in [0.29, 0.717) is 48.0 Å². The van der Waals surface area contributed by atoms with E-state index in [0.717, 1.165) is 13.0 Å². The summed E-state index contributed by atoms with van der Waals surface area (Å²) in [6.45, 7) is 5.09. The highest BCUT2D eigenvalue weighted by atomic mass is 35.5. The number of halogens is 1. The van der Waals surface area contributed by atoms with Gasteiger partial charge in [-0.15, -0.1) is 0 Å². The molecular weight excluding hydrogens is 416 g/mol. The van der Waals surface area contributed by atoms with Crippen LogP contribution in [-0.4, -0.2) is 66.8 Å². The number of nitrogens with zero attached hydrogens (tertiary/aromatic N) is 2. The molecule has 0 aliphatic carbocycles. The number of hydrogen-bond acceptors (Lipinski definition) is 4. The summed E-state index contributed by atoms with van der Waals surface area (Å²) < 4.78 is 0. The van der Waals surface area contributed by atoms with Crippen LogP contribution in [0.15, 0.2) is 48.5 Å². The number of amides is 3. The van der Waals surface area contributed by atoms with Crippen molar-refractivity contribution in [1.82, 2.24) is 15.1 Å². The molecule has 0 atom stereocenters. The normalized spacial score (nSPS) is 14.6. The third-order valence-electron chi connectivity index (χ3n) is 5.09. The van der Waals surface area contributed by atoms with Gasteiger partial charge in [0.25, 0.3) is 11.8 Å². The molecule has 2 aromatic carbocycles. The molecule has 1 aliphatic rings. The Kier molecular flexibility index (Phi) is 8.03. The van der Waals surface area contributed by atoms with Crippen LogP contribution in [-0.2, 0) is 4.79 Å². The third kappa shape index (κ3) is 6.29. The zero-order chi connectivity index (χ0) is 22.2. The Morgan fingerprint density at radius 2 is 1.81 bits per heavy atom. The second kappa shape index (κ2) is 10.9. The summed E-state index contributed by atoms with van der Waals surface area (Å²) in [5.74, 6) is -0.410. The van der Waals surface area contributed by atoms with Crippen LogP contribution in [0.1, 0.15) is 34.1 Å². The number of nitrogens with one attached hydrogen (secondary N) is 2. The smallest absolute Gasteiger partial charge is 0.255 e. The standard InChI is InChI=1S/C23H27ClN4O3/c1-2-25-22(30)17-7-5-8-18(15-17)26-21(29)16-27-11-6-12-28(14-13-27)23(31)19-9-3-4-10-20(19)24/h3-5,7-10,15H,2,6,11-14,16H2,1H3,(H,25,30)(H,26,29). The lowest BCUT2D eigenvalue weighted by atomic mass is 10.2. The van der Waals surface area contributed by atoms with Crippen LogP contribution in [0.25, 0.3) is 0 Å². The van der Waals surface area contributed by atoms with E-state index in [2.05, 4.69) is 10.6 Å². The van der Waals surface area contributed by atoms with Gasteiger partial charge in [-0.3, -0.25) is 19.3 Å². The van der Waals surface area contributed by atoms with Crippen LogP contribution in [0.2, 0.25) is 5.02 Å². The summed E-state index contributed by atoms with van der Waals surface area (Å²) >= 11 is 6.17. The van der Waals surface area contributed by atoms with E-state index in [1.165, 1.54) is 0 Å². The molecule has 7 nitrogen and oxygen atoms in total. The van der Waals surface area contributed by atoms with Gasteiger partial charge in [-0.25, -0.2) is 0 Å². The number of rotatable bonds is 6. The van der Waals surface area contributed by atoms with Crippen molar-refractivity contribution in [3.05, 3.63) is 64.7 Å². The van der Waals surface area contributed by atoms with Gasteiger partial charge in [0.15, 0.2) is 0 Å². The first-order valence-electron chi connectivity index (χ1n) is 10.4. The van der Waals surface area contributed by atoms with E-state index in [1.54, 1.807) is 53.4 Å². The maximum atomic E-state index is 12.8. The topological polar surface area (TPSA) is 81.8 Å². The first-order valence-corrected chi connectivity index (χ1v) is 10.8. The Balaban J connectivity index is 1.54. The van der Waals surface area contributed by atoms with Gasteiger partial charge in [0.05, 0.1) is 17.1 Å². The largest absolute Gasteiger partial charge is 0.352 e. The van der Waals surface area contributed by atoms with Gasteiger partial charge < -0.3 is 15.5 Å². The van der Waals surface area contributed by atoms with Crippen LogP contribution in [0.3, 0.4) is 0 Å². The molecule has 0 unspecified atom stereocenters.